The number of rotatable bonds is 7. The highest BCUT2D eigenvalue weighted by Crippen LogP contribution is 2.27. The summed E-state index contributed by atoms with van der Waals surface area (Å²) in [5.41, 5.74) is 2.85. The number of hydrogen-bond donors (Lipinski definition) is 1. The summed E-state index contributed by atoms with van der Waals surface area (Å²) in [5.74, 6) is 2.04. The van der Waals surface area contributed by atoms with Gasteiger partial charge in [-0.3, -0.25) is 4.79 Å². The monoisotopic (exact) mass is 427 g/mol. The summed E-state index contributed by atoms with van der Waals surface area (Å²) in [6.45, 7) is 4.73. The maximum Gasteiger partial charge on any atom is 0.256 e. The molecular formula is C22H22BrNO3. The minimum Gasteiger partial charge on any atom is -0.489 e. The molecule has 2 aromatic carbocycles. The van der Waals surface area contributed by atoms with Gasteiger partial charge >= 0.3 is 0 Å². The summed E-state index contributed by atoms with van der Waals surface area (Å²) in [7, 11) is 0. The number of halogens is 1. The van der Waals surface area contributed by atoms with E-state index in [9.17, 15) is 4.79 Å². The Morgan fingerprint density at radius 1 is 1.00 bits per heavy atom. The molecule has 1 aromatic heterocycles. The Morgan fingerprint density at radius 3 is 2.33 bits per heavy atom. The van der Waals surface area contributed by atoms with Gasteiger partial charge in [0.1, 0.15) is 23.9 Å². The van der Waals surface area contributed by atoms with E-state index in [0.717, 1.165) is 27.8 Å². The number of benzene rings is 2. The van der Waals surface area contributed by atoms with Crippen LogP contribution in [0.15, 0.2) is 63.5 Å². The lowest BCUT2D eigenvalue weighted by molar-refractivity contribution is 0.0952. The summed E-state index contributed by atoms with van der Waals surface area (Å²) in [4.78, 5) is 12.3. The van der Waals surface area contributed by atoms with Crippen LogP contribution in [0.3, 0.4) is 0 Å². The molecule has 4 nitrogen and oxygen atoms in total. The van der Waals surface area contributed by atoms with Crippen molar-refractivity contribution in [1.82, 2.24) is 5.32 Å². The highest BCUT2D eigenvalue weighted by molar-refractivity contribution is 9.10. The van der Waals surface area contributed by atoms with Gasteiger partial charge in [-0.15, -0.1) is 0 Å². The molecule has 0 spiro atoms. The number of furan rings is 1. The van der Waals surface area contributed by atoms with E-state index in [1.807, 2.05) is 61.5 Å². The average molecular weight is 428 g/mol. The number of nitrogens with one attached hydrogen (secondary N) is 1. The van der Waals surface area contributed by atoms with Gasteiger partial charge in [0, 0.05) is 6.54 Å². The second-order valence-corrected chi connectivity index (χ2v) is 7.12. The second kappa shape index (κ2) is 8.91. The molecule has 0 saturated heterocycles. The number of ether oxygens (including phenoxy) is 1. The molecule has 0 unspecified atom stereocenters. The smallest absolute Gasteiger partial charge is 0.256 e. The first-order chi connectivity index (χ1) is 13.0. The molecule has 0 aliphatic heterocycles. The number of carbonyl (C=O) groups excluding carboxylic acids is 1. The van der Waals surface area contributed by atoms with E-state index in [0.29, 0.717) is 30.2 Å². The van der Waals surface area contributed by atoms with Crippen LogP contribution < -0.4 is 10.1 Å². The molecule has 1 N–H and O–H groups in total. The average Bonchev–Trinajstić information content (AvgIpc) is 2.93. The Bertz CT molecular complexity index is 901. The van der Waals surface area contributed by atoms with Gasteiger partial charge in [0.2, 0.25) is 0 Å². The van der Waals surface area contributed by atoms with Crippen molar-refractivity contribution in [2.45, 2.75) is 26.9 Å². The summed E-state index contributed by atoms with van der Waals surface area (Å²) >= 11 is 3.41. The first-order valence-electron chi connectivity index (χ1n) is 8.84. The molecule has 5 heteroatoms. The lowest BCUT2D eigenvalue weighted by Gasteiger charge is -2.08. The van der Waals surface area contributed by atoms with Gasteiger partial charge in [0.15, 0.2) is 0 Å². The summed E-state index contributed by atoms with van der Waals surface area (Å²) in [5, 5.41) is 2.94. The molecule has 0 atom stereocenters. The maximum atomic E-state index is 12.3. The molecule has 27 heavy (non-hydrogen) atoms. The summed E-state index contributed by atoms with van der Waals surface area (Å²) in [6.07, 6.45) is 0.748. The third-order valence-electron chi connectivity index (χ3n) is 4.28. The molecule has 0 fully saturated rings. The molecule has 0 bridgehead atoms. The zero-order chi connectivity index (χ0) is 19.2. The minimum atomic E-state index is -0.126. The standard InChI is InChI=1S/C22H22BrNO3/c1-15-20(21(23)16(2)27-15)22(25)24-13-12-17-8-10-19(11-9-17)26-14-18-6-4-3-5-7-18/h3-11H,12-14H2,1-2H3,(H,24,25). The molecule has 1 heterocycles. The normalized spacial score (nSPS) is 10.6. The third kappa shape index (κ3) is 5.01. The van der Waals surface area contributed by atoms with Crippen LogP contribution in [-0.2, 0) is 13.0 Å². The van der Waals surface area contributed by atoms with Crippen LogP contribution >= 0.6 is 15.9 Å². The van der Waals surface area contributed by atoms with Crippen LogP contribution in [0, 0.1) is 13.8 Å². The van der Waals surface area contributed by atoms with Crippen LogP contribution in [0.5, 0.6) is 5.75 Å². The fourth-order valence-electron chi connectivity index (χ4n) is 2.82. The van der Waals surface area contributed by atoms with Crippen molar-refractivity contribution in [2.24, 2.45) is 0 Å². The van der Waals surface area contributed by atoms with Crippen molar-refractivity contribution in [3.63, 3.8) is 0 Å². The fourth-order valence-corrected chi connectivity index (χ4v) is 3.36. The highest BCUT2D eigenvalue weighted by Gasteiger charge is 2.19. The molecule has 0 saturated carbocycles. The van der Waals surface area contributed by atoms with Crippen molar-refractivity contribution < 1.29 is 13.9 Å². The van der Waals surface area contributed by atoms with Crippen molar-refractivity contribution >= 4 is 21.8 Å². The van der Waals surface area contributed by atoms with E-state index < -0.39 is 0 Å². The minimum absolute atomic E-state index is 0.126. The van der Waals surface area contributed by atoms with E-state index in [4.69, 9.17) is 9.15 Å². The van der Waals surface area contributed by atoms with Gasteiger partial charge in [0.25, 0.3) is 5.91 Å². The van der Waals surface area contributed by atoms with E-state index in [1.54, 1.807) is 6.92 Å². The number of hydrogen-bond acceptors (Lipinski definition) is 3. The first kappa shape index (κ1) is 19.2. The van der Waals surface area contributed by atoms with Crippen LogP contribution in [0.2, 0.25) is 0 Å². The predicted octanol–water partition coefficient (Wildman–Crippen LogP) is 5.21. The fraction of sp³-hybridized carbons (Fsp3) is 0.227. The van der Waals surface area contributed by atoms with Crippen LogP contribution in [0.4, 0.5) is 0 Å². The molecule has 0 radical (unpaired) electrons. The lowest BCUT2D eigenvalue weighted by atomic mass is 10.1. The predicted molar refractivity (Wildman–Crippen MR) is 109 cm³/mol. The SMILES string of the molecule is Cc1oc(C)c(C(=O)NCCc2ccc(OCc3ccccc3)cc2)c1Br. The Hall–Kier alpha value is -2.53. The van der Waals surface area contributed by atoms with Gasteiger partial charge in [-0.1, -0.05) is 42.5 Å². The zero-order valence-electron chi connectivity index (χ0n) is 15.4. The molecular weight excluding hydrogens is 406 g/mol. The van der Waals surface area contributed by atoms with Crippen molar-refractivity contribution in [3.8, 4) is 5.75 Å². The molecule has 1 amide bonds. The van der Waals surface area contributed by atoms with Crippen LogP contribution in [0.25, 0.3) is 0 Å². The Labute approximate surface area is 167 Å². The van der Waals surface area contributed by atoms with E-state index in [-0.39, 0.29) is 5.91 Å². The largest absolute Gasteiger partial charge is 0.489 e. The van der Waals surface area contributed by atoms with Gasteiger partial charge in [-0.25, -0.2) is 0 Å². The Morgan fingerprint density at radius 2 is 1.70 bits per heavy atom. The number of carbonyl (C=O) groups is 1. The Kier molecular flexibility index (Phi) is 6.35. The van der Waals surface area contributed by atoms with Gasteiger partial charge < -0.3 is 14.5 Å². The summed E-state index contributed by atoms with van der Waals surface area (Å²) < 4.78 is 12.0. The topological polar surface area (TPSA) is 51.5 Å². The zero-order valence-corrected chi connectivity index (χ0v) is 17.0. The molecule has 3 rings (SSSR count). The van der Waals surface area contributed by atoms with Gasteiger partial charge in [0.05, 0.1) is 10.0 Å². The second-order valence-electron chi connectivity index (χ2n) is 6.33. The Balaban J connectivity index is 1.48. The molecule has 0 aliphatic carbocycles. The number of amides is 1. The molecule has 3 aromatic rings. The molecule has 0 aliphatic rings. The summed E-state index contributed by atoms with van der Waals surface area (Å²) in [6, 6.07) is 18.0. The van der Waals surface area contributed by atoms with E-state index >= 15 is 0 Å². The maximum absolute atomic E-state index is 12.3. The van der Waals surface area contributed by atoms with Gasteiger partial charge in [-0.2, -0.15) is 0 Å². The lowest BCUT2D eigenvalue weighted by Crippen LogP contribution is -2.26. The van der Waals surface area contributed by atoms with Crippen molar-refractivity contribution in [1.29, 1.82) is 0 Å². The number of aryl methyl sites for hydroxylation is 2. The highest BCUT2D eigenvalue weighted by atomic mass is 79.9. The quantitative estimate of drug-likeness (QED) is 0.562. The third-order valence-corrected chi connectivity index (χ3v) is 5.24. The van der Waals surface area contributed by atoms with E-state index in [1.165, 1.54) is 0 Å². The molecule has 140 valence electrons. The van der Waals surface area contributed by atoms with Gasteiger partial charge in [-0.05, 0) is 59.5 Å². The van der Waals surface area contributed by atoms with Crippen LogP contribution in [0.1, 0.15) is 33.0 Å². The van der Waals surface area contributed by atoms with Crippen LogP contribution in [-0.4, -0.2) is 12.5 Å². The first-order valence-corrected chi connectivity index (χ1v) is 9.63. The van der Waals surface area contributed by atoms with Crippen molar-refractivity contribution in [2.75, 3.05) is 6.54 Å². The van der Waals surface area contributed by atoms with E-state index in [2.05, 4.69) is 21.2 Å². The van der Waals surface area contributed by atoms with Crippen molar-refractivity contribution in [3.05, 3.63) is 87.3 Å².